The second-order valence-electron chi connectivity index (χ2n) is 6.03. The first-order valence-electron chi connectivity index (χ1n) is 8.42. The molecule has 2 heterocycles. The Labute approximate surface area is 150 Å². The summed E-state index contributed by atoms with van der Waals surface area (Å²) < 4.78 is 10.6. The number of imidazole rings is 1. The maximum absolute atomic E-state index is 12.3. The number of carbonyl (C=O) groups excluding carboxylic acids is 1. The Morgan fingerprint density at radius 3 is 2.92 bits per heavy atom. The maximum atomic E-state index is 12.3. The Bertz CT molecular complexity index is 961. The molecule has 136 valence electrons. The highest BCUT2D eigenvalue weighted by Crippen LogP contribution is 2.24. The molecule has 26 heavy (non-hydrogen) atoms. The van der Waals surface area contributed by atoms with Crippen LogP contribution in [0.5, 0.6) is 5.75 Å². The molecule has 0 spiro atoms. The van der Waals surface area contributed by atoms with E-state index in [1.54, 1.807) is 25.7 Å². The fourth-order valence-corrected chi connectivity index (χ4v) is 2.88. The summed E-state index contributed by atoms with van der Waals surface area (Å²) in [4.78, 5) is 31.2. The predicted molar refractivity (Wildman–Crippen MR) is 97.4 cm³/mol. The van der Waals surface area contributed by atoms with Gasteiger partial charge < -0.3 is 19.5 Å². The molecular formula is C19H21N3O4. The molecule has 1 amide bonds. The number of nitrogens with zero attached hydrogens (tertiary/aromatic N) is 1. The van der Waals surface area contributed by atoms with Crippen molar-refractivity contribution in [3.8, 4) is 5.75 Å². The Kier molecular flexibility index (Phi) is 5.36. The zero-order valence-electron chi connectivity index (χ0n) is 14.8. The number of aromatic nitrogens is 2. The standard InChI is InChI=1S/C19H21N3O4/c1-12-15-4-3-14(25-2)9-17(15)26-19(24)16(12)5-6-18(23)21-8-7-13-10-20-11-22-13/h3-4,9-11H,5-8H2,1-2H3,(H,20,22)(H,21,23). The van der Waals surface area contributed by atoms with E-state index in [2.05, 4.69) is 15.3 Å². The molecule has 2 aromatic heterocycles. The first-order chi connectivity index (χ1) is 12.6. The maximum Gasteiger partial charge on any atom is 0.339 e. The lowest BCUT2D eigenvalue weighted by Gasteiger charge is -2.09. The van der Waals surface area contributed by atoms with Gasteiger partial charge in [0.2, 0.25) is 5.91 Å². The van der Waals surface area contributed by atoms with Crippen molar-refractivity contribution in [1.82, 2.24) is 15.3 Å². The van der Waals surface area contributed by atoms with Gasteiger partial charge in [-0.1, -0.05) is 0 Å². The summed E-state index contributed by atoms with van der Waals surface area (Å²) in [5.74, 6) is 0.530. The van der Waals surface area contributed by atoms with Gasteiger partial charge in [-0.15, -0.1) is 0 Å². The zero-order chi connectivity index (χ0) is 18.5. The number of aryl methyl sites for hydroxylation is 1. The lowest BCUT2D eigenvalue weighted by molar-refractivity contribution is -0.121. The Balaban J connectivity index is 1.64. The molecule has 0 aliphatic carbocycles. The third-order valence-corrected chi connectivity index (χ3v) is 4.37. The zero-order valence-corrected chi connectivity index (χ0v) is 14.8. The summed E-state index contributed by atoms with van der Waals surface area (Å²) >= 11 is 0. The molecule has 0 radical (unpaired) electrons. The van der Waals surface area contributed by atoms with Crippen molar-refractivity contribution in [2.75, 3.05) is 13.7 Å². The average molecular weight is 355 g/mol. The van der Waals surface area contributed by atoms with E-state index in [-0.39, 0.29) is 12.3 Å². The van der Waals surface area contributed by atoms with Gasteiger partial charge in [0.05, 0.1) is 13.4 Å². The minimum atomic E-state index is -0.409. The number of methoxy groups -OCH3 is 1. The van der Waals surface area contributed by atoms with Crippen LogP contribution in [0.2, 0.25) is 0 Å². The molecule has 7 heteroatoms. The third-order valence-electron chi connectivity index (χ3n) is 4.37. The Morgan fingerprint density at radius 2 is 2.19 bits per heavy atom. The van der Waals surface area contributed by atoms with Crippen LogP contribution in [0.15, 0.2) is 39.9 Å². The van der Waals surface area contributed by atoms with Gasteiger partial charge in [-0.2, -0.15) is 0 Å². The second-order valence-corrected chi connectivity index (χ2v) is 6.03. The SMILES string of the molecule is COc1ccc2c(C)c(CCC(=O)NCCc3cnc[nH]3)c(=O)oc2c1. The van der Waals surface area contributed by atoms with Gasteiger partial charge >= 0.3 is 5.63 Å². The van der Waals surface area contributed by atoms with Gasteiger partial charge in [0.1, 0.15) is 11.3 Å². The van der Waals surface area contributed by atoms with E-state index in [1.807, 2.05) is 19.1 Å². The fourth-order valence-electron chi connectivity index (χ4n) is 2.88. The molecule has 1 aromatic carbocycles. The summed E-state index contributed by atoms with van der Waals surface area (Å²) in [6.45, 7) is 2.39. The highest BCUT2D eigenvalue weighted by atomic mass is 16.5. The summed E-state index contributed by atoms with van der Waals surface area (Å²) in [6, 6.07) is 5.37. The van der Waals surface area contributed by atoms with E-state index < -0.39 is 5.63 Å². The van der Waals surface area contributed by atoms with Crippen LogP contribution in [0.1, 0.15) is 23.2 Å². The monoisotopic (exact) mass is 355 g/mol. The van der Waals surface area contributed by atoms with Crippen LogP contribution in [0.4, 0.5) is 0 Å². The molecule has 7 nitrogen and oxygen atoms in total. The molecule has 0 fully saturated rings. The topological polar surface area (TPSA) is 97.2 Å². The van der Waals surface area contributed by atoms with E-state index in [9.17, 15) is 9.59 Å². The first kappa shape index (κ1) is 17.7. The molecule has 2 N–H and O–H groups in total. The number of hydrogen-bond donors (Lipinski definition) is 2. The summed E-state index contributed by atoms with van der Waals surface area (Å²) in [5, 5.41) is 3.69. The van der Waals surface area contributed by atoms with Crippen LogP contribution in [-0.2, 0) is 17.6 Å². The summed E-state index contributed by atoms with van der Waals surface area (Å²) in [6.07, 6.45) is 4.59. The van der Waals surface area contributed by atoms with Crippen LogP contribution < -0.4 is 15.7 Å². The number of fused-ring (bicyclic) bond motifs is 1. The number of benzene rings is 1. The van der Waals surface area contributed by atoms with E-state index in [1.165, 1.54) is 0 Å². The number of amides is 1. The number of carbonyl (C=O) groups is 1. The summed E-state index contributed by atoms with van der Waals surface area (Å²) in [7, 11) is 1.56. The number of hydrogen-bond acceptors (Lipinski definition) is 5. The van der Waals surface area contributed by atoms with Crippen LogP contribution >= 0.6 is 0 Å². The molecule has 3 rings (SSSR count). The fraction of sp³-hybridized carbons (Fsp3) is 0.316. The van der Waals surface area contributed by atoms with Crippen molar-refractivity contribution in [3.05, 3.63) is 58.0 Å². The highest BCUT2D eigenvalue weighted by molar-refractivity contribution is 5.82. The van der Waals surface area contributed by atoms with Gasteiger partial charge in [-0.3, -0.25) is 4.79 Å². The quantitative estimate of drug-likeness (QED) is 0.633. The molecule has 0 unspecified atom stereocenters. The van der Waals surface area contributed by atoms with Crippen LogP contribution in [0.3, 0.4) is 0 Å². The largest absolute Gasteiger partial charge is 0.497 e. The number of ether oxygens (including phenoxy) is 1. The number of H-pyrrole nitrogens is 1. The second kappa shape index (κ2) is 7.86. The normalized spacial score (nSPS) is 10.8. The molecule has 0 aliphatic rings. The average Bonchev–Trinajstić information content (AvgIpc) is 3.14. The molecular weight excluding hydrogens is 334 g/mol. The Hall–Kier alpha value is -3.09. The lowest BCUT2D eigenvalue weighted by Crippen LogP contribution is -2.26. The molecule has 0 saturated heterocycles. The minimum Gasteiger partial charge on any atom is -0.497 e. The number of rotatable bonds is 7. The van der Waals surface area contributed by atoms with E-state index >= 15 is 0 Å². The Morgan fingerprint density at radius 1 is 1.35 bits per heavy atom. The van der Waals surface area contributed by atoms with Crippen molar-refractivity contribution in [2.24, 2.45) is 0 Å². The van der Waals surface area contributed by atoms with Crippen molar-refractivity contribution in [3.63, 3.8) is 0 Å². The van der Waals surface area contributed by atoms with Crippen molar-refractivity contribution < 1.29 is 13.9 Å². The molecule has 0 aliphatic heterocycles. The van der Waals surface area contributed by atoms with E-state index in [4.69, 9.17) is 9.15 Å². The van der Waals surface area contributed by atoms with Crippen molar-refractivity contribution in [2.45, 2.75) is 26.2 Å². The van der Waals surface area contributed by atoms with Gasteiger partial charge in [-0.05, 0) is 31.0 Å². The number of nitrogens with one attached hydrogen (secondary N) is 2. The lowest BCUT2D eigenvalue weighted by atomic mass is 10.0. The van der Waals surface area contributed by atoms with Crippen LogP contribution in [0, 0.1) is 6.92 Å². The first-order valence-corrected chi connectivity index (χ1v) is 8.42. The highest BCUT2D eigenvalue weighted by Gasteiger charge is 2.13. The van der Waals surface area contributed by atoms with Crippen molar-refractivity contribution >= 4 is 16.9 Å². The van der Waals surface area contributed by atoms with Crippen LogP contribution in [-0.4, -0.2) is 29.5 Å². The van der Waals surface area contributed by atoms with E-state index in [0.29, 0.717) is 36.3 Å². The molecule has 0 saturated carbocycles. The number of aromatic amines is 1. The van der Waals surface area contributed by atoms with Gasteiger partial charge in [-0.25, -0.2) is 9.78 Å². The molecule has 0 atom stereocenters. The minimum absolute atomic E-state index is 0.0989. The van der Waals surface area contributed by atoms with Crippen LogP contribution in [0.25, 0.3) is 11.0 Å². The molecule has 3 aromatic rings. The third kappa shape index (κ3) is 3.93. The molecule has 0 bridgehead atoms. The smallest absolute Gasteiger partial charge is 0.339 e. The van der Waals surface area contributed by atoms with E-state index in [0.717, 1.165) is 16.6 Å². The van der Waals surface area contributed by atoms with Gasteiger partial charge in [0.25, 0.3) is 0 Å². The van der Waals surface area contributed by atoms with Gasteiger partial charge in [0.15, 0.2) is 0 Å². The van der Waals surface area contributed by atoms with Crippen molar-refractivity contribution in [1.29, 1.82) is 0 Å². The van der Waals surface area contributed by atoms with Gasteiger partial charge in [0, 0.05) is 48.3 Å². The predicted octanol–water partition coefficient (Wildman–Crippen LogP) is 2.12. The summed E-state index contributed by atoms with van der Waals surface area (Å²) in [5.41, 5.74) is 2.41.